The van der Waals surface area contributed by atoms with E-state index in [4.69, 9.17) is 9.84 Å². The van der Waals surface area contributed by atoms with E-state index in [0.29, 0.717) is 12.4 Å². The van der Waals surface area contributed by atoms with E-state index in [1.807, 2.05) is 13.8 Å². The van der Waals surface area contributed by atoms with Crippen LogP contribution in [0, 0.1) is 0 Å². The highest BCUT2D eigenvalue weighted by Gasteiger charge is 2.38. The van der Waals surface area contributed by atoms with Crippen LogP contribution in [0.4, 0.5) is 5.82 Å². The van der Waals surface area contributed by atoms with Gasteiger partial charge in [0.2, 0.25) is 0 Å². The van der Waals surface area contributed by atoms with Gasteiger partial charge in [-0.25, -0.2) is 14.8 Å². The van der Waals surface area contributed by atoms with Gasteiger partial charge in [-0.3, -0.25) is 0 Å². The van der Waals surface area contributed by atoms with Gasteiger partial charge in [-0.15, -0.1) is 0 Å². The summed E-state index contributed by atoms with van der Waals surface area (Å²) >= 11 is 0. The average molecular weight is 237 g/mol. The van der Waals surface area contributed by atoms with Crippen molar-refractivity contribution in [2.45, 2.75) is 31.9 Å². The van der Waals surface area contributed by atoms with Crippen molar-refractivity contribution in [3.05, 3.63) is 18.1 Å². The van der Waals surface area contributed by atoms with E-state index in [9.17, 15) is 4.79 Å². The van der Waals surface area contributed by atoms with E-state index >= 15 is 0 Å². The molecule has 2 heterocycles. The van der Waals surface area contributed by atoms with E-state index in [1.54, 1.807) is 0 Å². The van der Waals surface area contributed by atoms with Crippen LogP contribution in [-0.2, 0) is 4.74 Å². The Kier molecular flexibility index (Phi) is 2.97. The van der Waals surface area contributed by atoms with Gasteiger partial charge in [-0.05, 0) is 20.3 Å². The summed E-state index contributed by atoms with van der Waals surface area (Å²) < 4.78 is 5.48. The predicted molar refractivity (Wildman–Crippen MR) is 61.1 cm³/mol. The molecule has 0 spiro atoms. The molecular weight excluding hydrogens is 222 g/mol. The maximum Gasteiger partial charge on any atom is 0.358 e. The number of hydrogen-bond donors (Lipinski definition) is 2. The number of carboxylic acid groups (broad SMARTS) is 1. The average Bonchev–Trinajstić information content (AvgIpc) is 2.59. The Morgan fingerprint density at radius 3 is 2.88 bits per heavy atom. The molecule has 1 saturated heterocycles. The zero-order valence-electron chi connectivity index (χ0n) is 9.80. The van der Waals surface area contributed by atoms with Crippen molar-refractivity contribution in [3.63, 3.8) is 0 Å². The van der Waals surface area contributed by atoms with E-state index in [1.165, 1.54) is 12.4 Å². The number of ether oxygens (including phenoxy) is 1. The molecule has 0 aromatic carbocycles. The Balaban J connectivity index is 2.27. The first-order chi connectivity index (χ1) is 8.03. The second-order valence-electron chi connectivity index (χ2n) is 4.36. The standard InChI is InChI=1S/C11H15N3O3/c1-7-11(2,3-6-17-7)14-9-8(10(15)16)12-4-5-13-9/h4-5,7H,3,6H2,1-2H3,(H,13,14)(H,15,16). The SMILES string of the molecule is CC1OCCC1(C)Nc1nccnc1C(=O)O. The smallest absolute Gasteiger partial charge is 0.358 e. The van der Waals surface area contributed by atoms with Crippen LogP contribution in [0.25, 0.3) is 0 Å². The summed E-state index contributed by atoms with van der Waals surface area (Å²) in [6.07, 6.45) is 3.65. The van der Waals surface area contributed by atoms with Crippen LogP contribution in [0.2, 0.25) is 0 Å². The number of carboxylic acids is 1. The Hall–Kier alpha value is -1.69. The maximum absolute atomic E-state index is 11.0. The maximum atomic E-state index is 11.0. The highest BCUT2D eigenvalue weighted by Crippen LogP contribution is 2.29. The first-order valence-corrected chi connectivity index (χ1v) is 5.47. The third-order valence-corrected chi connectivity index (χ3v) is 3.19. The minimum atomic E-state index is -1.09. The Morgan fingerprint density at radius 2 is 2.29 bits per heavy atom. The van der Waals surface area contributed by atoms with Gasteiger partial charge in [-0.1, -0.05) is 0 Å². The first-order valence-electron chi connectivity index (χ1n) is 5.47. The van der Waals surface area contributed by atoms with Crippen LogP contribution in [0.3, 0.4) is 0 Å². The topological polar surface area (TPSA) is 84.3 Å². The number of rotatable bonds is 3. The summed E-state index contributed by atoms with van der Waals surface area (Å²) in [5, 5.41) is 12.2. The van der Waals surface area contributed by atoms with Gasteiger partial charge < -0.3 is 15.2 Å². The first kappa shape index (κ1) is 11.8. The van der Waals surface area contributed by atoms with E-state index in [-0.39, 0.29) is 17.3 Å². The molecule has 6 nitrogen and oxygen atoms in total. The minimum Gasteiger partial charge on any atom is -0.476 e. The summed E-state index contributed by atoms with van der Waals surface area (Å²) in [6.45, 7) is 4.61. The molecule has 1 aliphatic heterocycles. The lowest BCUT2D eigenvalue weighted by molar-refractivity contribution is 0.0690. The van der Waals surface area contributed by atoms with Gasteiger partial charge in [0.25, 0.3) is 0 Å². The lowest BCUT2D eigenvalue weighted by atomic mass is 9.94. The van der Waals surface area contributed by atoms with Gasteiger partial charge in [0.1, 0.15) is 0 Å². The second kappa shape index (κ2) is 4.29. The van der Waals surface area contributed by atoms with Gasteiger partial charge in [0.15, 0.2) is 11.5 Å². The fourth-order valence-corrected chi connectivity index (χ4v) is 1.86. The molecule has 2 N–H and O–H groups in total. The van der Waals surface area contributed by atoms with Gasteiger partial charge >= 0.3 is 5.97 Å². The molecule has 0 amide bonds. The molecule has 1 aliphatic rings. The van der Waals surface area contributed by atoms with E-state index < -0.39 is 5.97 Å². The predicted octanol–water partition coefficient (Wildman–Crippen LogP) is 1.15. The van der Waals surface area contributed by atoms with Crippen LogP contribution >= 0.6 is 0 Å². The third-order valence-electron chi connectivity index (χ3n) is 3.19. The molecule has 1 aromatic heterocycles. The molecule has 0 aliphatic carbocycles. The van der Waals surface area contributed by atoms with Crippen LogP contribution in [-0.4, -0.2) is 39.3 Å². The summed E-state index contributed by atoms with van der Waals surface area (Å²) in [5.41, 5.74) is -0.368. The molecule has 0 bridgehead atoms. The second-order valence-corrected chi connectivity index (χ2v) is 4.36. The van der Waals surface area contributed by atoms with Crippen LogP contribution in [0.1, 0.15) is 30.8 Å². The van der Waals surface area contributed by atoms with Crippen LogP contribution < -0.4 is 5.32 Å². The zero-order valence-corrected chi connectivity index (χ0v) is 9.80. The molecule has 2 unspecified atom stereocenters. The number of hydrogen-bond acceptors (Lipinski definition) is 5. The molecule has 2 atom stereocenters. The lowest BCUT2D eigenvalue weighted by Crippen LogP contribution is -2.42. The monoisotopic (exact) mass is 237 g/mol. The molecule has 1 fully saturated rings. The lowest BCUT2D eigenvalue weighted by Gasteiger charge is -2.29. The highest BCUT2D eigenvalue weighted by atomic mass is 16.5. The Labute approximate surface area is 99.0 Å². The van der Waals surface area contributed by atoms with Crippen LogP contribution in [0.5, 0.6) is 0 Å². The number of aromatic carboxylic acids is 1. The van der Waals surface area contributed by atoms with Crippen molar-refractivity contribution >= 4 is 11.8 Å². The number of nitrogens with one attached hydrogen (secondary N) is 1. The minimum absolute atomic E-state index is 0.00570. The van der Waals surface area contributed by atoms with Gasteiger partial charge in [0.05, 0.1) is 11.6 Å². The summed E-state index contributed by atoms with van der Waals surface area (Å²) in [5.74, 6) is -0.796. The van der Waals surface area contributed by atoms with Crippen molar-refractivity contribution in [1.29, 1.82) is 0 Å². The Bertz CT molecular complexity index is 438. The van der Waals surface area contributed by atoms with E-state index in [0.717, 1.165) is 6.42 Å². The molecule has 6 heteroatoms. The molecule has 0 radical (unpaired) electrons. The fraction of sp³-hybridized carbons (Fsp3) is 0.545. The van der Waals surface area contributed by atoms with Gasteiger partial charge in [-0.2, -0.15) is 0 Å². The normalized spacial score (nSPS) is 28.0. The van der Waals surface area contributed by atoms with Crippen molar-refractivity contribution in [2.24, 2.45) is 0 Å². The van der Waals surface area contributed by atoms with Crippen LogP contribution in [0.15, 0.2) is 12.4 Å². The van der Waals surface area contributed by atoms with Crippen molar-refractivity contribution in [3.8, 4) is 0 Å². The molecule has 1 aromatic rings. The summed E-state index contributed by atoms with van der Waals surface area (Å²) in [4.78, 5) is 18.9. The third kappa shape index (κ3) is 2.21. The number of anilines is 1. The number of carbonyl (C=O) groups is 1. The molecule has 2 rings (SSSR count). The van der Waals surface area contributed by atoms with E-state index in [2.05, 4.69) is 15.3 Å². The Morgan fingerprint density at radius 1 is 1.59 bits per heavy atom. The number of aromatic nitrogens is 2. The highest BCUT2D eigenvalue weighted by molar-refractivity contribution is 5.90. The molecular formula is C11H15N3O3. The largest absolute Gasteiger partial charge is 0.476 e. The summed E-state index contributed by atoms with van der Waals surface area (Å²) in [7, 11) is 0. The van der Waals surface area contributed by atoms with Crippen molar-refractivity contribution in [2.75, 3.05) is 11.9 Å². The summed E-state index contributed by atoms with van der Waals surface area (Å²) in [6, 6.07) is 0. The molecule has 17 heavy (non-hydrogen) atoms. The van der Waals surface area contributed by atoms with Crippen molar-refractivity contribution < 1.29 is 14.6 Å². The molecule has 0 saturated carbocycles. The van der Waals surface area contributed by atoms with Crippen molar-refractivity contribution in [1.82, 2.24) is 9.97 Å². The van der Waals surface area contributed by atoms with Gasteiger partial charge in [0, 0.05) is 19.0 Å². The fourth-order valence-electron chi connectivity index (χ4n) is 1.86. The number of nitrogens with zero attached hydrogens (tertiary/aromatic N) is 2. The zero-order chi connectivity index (χ0) is 12.5. The quantitative estimate of drug-likeness (QED) is 0.820. The molecule has 92 valence electrons.